The van der Waals surface area contributed by atoms with Gasteiger partial charge in [0.2, 0.25) is 11.8 Å². The van der Waals surface area contributed by atoms with Gasteiger partial charge >= 0.3 is 0 Å². The molecule has 2 atom stereocenters. The summed E-state index contributed by atoms with van der Waals surface area (Å²) >= 11 is 0. The van der Waals surface area contributed by atoms with Crippen molar-refractivity contribution in [3.05, 3.63) is 35.9 Å². The maximum absolute atomic E-state index is 13.4. The summed E-state index contributed by atoms with van der Waals surface area (Å²) in [5.74, 6) is 0.208. The van der Waals surface area contributed by atoms with Crippen LogP contribution in [0.3, 0.4) is 0 Å². The van der Waals surface area contributed by atoms with Crippen molar-refractivity contribution in [3.63, 3.8) is 0 Å². The van der Waals surface area contributed by atoms with E-state index in [2.05, 4.69) is 41.4 Å². The van der Waals surface area contributed by atoms with Crippen molar-refractivity contribution in [1.82, 2.24) is 15.1 Å². The van der Waals surface area contributed by atoms with Crippen LogP contribution in [0.15, 0.2) is 30.3 Å². The van der Waals surface area contributed by atoms with Crippen molar-refractivity contribution >= 4 is 24.2 Å². The molecule has 0 saturated carbocycles. The van der Waals surface area contributed by atoms with Gasteiger partial charge in [0.25, 0.3) is 0 Å². The van der Waals surface area contributed by atoms with Gasteiger partial charge in [-0.05, 0) is 44.2 Å². The predicted octanol–water partition coefficient (Wildman–Crippen LogP) is 6.10. The molecule has 2 aliphatic heterocycles. The van der Waals surface area contributed by atoms with E-state index >= 15 is 0 Å². The Morgan fingerprint density at radius 3 is 2.11 bits per heavy atom. The zero-order valence-electron chi connectivity index (χ0n) is 21.9. The Kier molecular flexibility index (Phi) is 14.4. The van der Waals surface area contributed by atoms with Crippen LogP contribution in [0.5, 0.6) is 0 Å². The molecular formula is C29H48ClN3O2. The zero-order chi connectivity index (χ0) is 24.0. The summed E-state index contributed by atoms with van der Waals surface area (Å²) < 4.78 is 0. The van der Waals surface area contributed by atoms with Crippen LogP contribution in [0.2, 0.25) is 0 Å². The number of carbonyl (C=O) groups excluding carboxylic acids is 2. The van der Waals surface area contributed by atoms with E-state index in [1.165, 1.54) is 63.4 Å². The van der Waals surface area contributed by atoms with Crippen molar-refractivity contribution in [2.75, 3.05) is 19.6 Å². The maximum atomic E-state index is 13.4. The molecule has 2 amide bonds. The normalized spacial score (nSPS) is 20.1. The molecule has 1 aromatic rings. The Morgan fingerprint density at radius 2 is 1.43 bits per heavy atom. The molecule has 6 heteroatoms. The molecule has 35 heavy (non-hydrogen) atoms. The molecule has 0 spiro atoms. The van der Waals surface area contributed by atoms with Gasteiger partial charge in [-0.15, -0.1) is 12.4 Å². The third-order valence-corrected chi connectivity index (χ3v) is 7.55. The quantitative estimate of drug-likeness (QED) is 0.293. The van der Waals surface area contributed by atoms with Crippen LogP contribution in [0, 0.1) is 0 Å². The van der Waals surface area contributed by atoms with Gasteiger partial charge in [-0.25, -0.2) is 0 Å². The third-order valence-electron chi connectivity index (χ3n) is 7.55. The van der Waals surface area contributed by atoms with Crippen molar-refractivity contribution < 1.29 is 9.59 Å². The predicted molar refractivity (Wildman–Crippen MR) is 147 cm³/mol. The first-order valence-electron chi connectivity index (χ1n) is 14.1. The van der Waals surface area contributed by atoms with E-state index in [-0.39, 0.29) is 36.3 Å². The molecule has 2 unspecified atom stereocenters. The molecule has 2 aliphatic rings. The maximum Gasteiger partial charge on any atom is 0.242 e. The Balaban J connectivity index is 0.00000432. The second kappa shape index (κ2) is 17.0. The van der Waals surface area contributed by atoms with Crippen LogP contribution in [0.4, 0.5) is 0 Å². The van der Waals surface area contributed by atoms with Gasteiger partial charge in [0.15, 0.2) is 0 Å². The Hall–Kier alpha value is -1.59. The largest absolute Gasteiger partial charge is 0.354 e. The molecule has 3 rings (SSSR count). The standard InChI is InChI=1S/C29H47N3O2.ClH/c1-2-3-4-5-6-7-8-9-10-14-21-30-28(33)26-19-16-23-32(26)29(34)27-20-15-22-31(27)24-25-17-12-11-13-18-25;/h11-13,17-18,26-27H,2-10,14-16,19-24H2,1H3,(H,30,33);1H. The minimum absolute atomic E-state index is 0. The monoisotopic (exact) mass is 505 g/mol. The molecule has 1 aromatic carbocycles. The summed E-state index contributed by atoms with van der Waals surface area (Å²) in [4.78, 5) is 30.5. The first-order valence-corrected chi connectivity index (χ1v) is 14.1. The topological polar surface area (TPSA) is 52.7 Å². The van der Waals surface area contributed by atoms with Crippen LogP contribution in [-0.2, 0) is 16.1 Å². The number of amides is 2. The van der Waals surface area contributed by atoms with Gasteiger partial charge in [-0.2, -0.15) is 0 Å². The molecular weight excluding hydrogens is 458 g/mol. The number of unbranched alkanes of at least 4 members (excludes halogenated alkanes) is 9. The number of nitrogens with zero attached hydrogens (tertiary/aromatic N) is 2. The summed E-state index contributed by atoms with van der Waals surface area (Å²) in [5, 5.41) is 3.13. The number of hydrogen-bond donors (Lipinski definition) is 1. The lowest BCUT2D eigenvalue weighted by Crippen LogP contribution is -2.51. The summed E-state index contributed by atoms with van der Waals surface area (Å²) in [7, 11) is 0. The smallest absolute Gasteiger partial charge is 0.242 e. The lowest BCUT2D eigenvalue weighted by atomic mass is 10.1. The highest BCUT2D eigenvalue weighted by Gasteiger charge is 2.40. The number of carbonyl (C=O) groups is 2. The van der Waals surface area contributed by atoms with E-state index in [9.17, 15) is 9.59 Å². The molecule has 2 saturated heterocycles. The Morgan fingerprint density at radius 1 is 0.829 bits per heavy atom. The number of likely N-dealkylation sites (tertiary alicyclic amines) is 2. The fourth-order valence-corrected chi connectivity index (χ4v) is 5.55. The van der Waals surface area contributed by atoms with Crippen molar-refractivity contribution in [1.29, 1.82) is 0 Å². The fourth-order valence-electron chi connectivity index (χ4n) is 5.55. The molecule has 2 heterocycles. The van der Waals surface area contributed by atoms with Crippen LogP contribution in [0.1, 0.15) is 102 Å². The number of hydrogen-bond acceptors (Lipinski definition) is 3. The molecule has 0 aliphatic carbocycles. The first kappa shape index (κ1) is 29.6. The summed E-state index contributed by atoms with van der Waals surface area (Å²) in [6, 6.07) is 10.0. The highest BCUT2D eigenvalue weighted by molar-refractivity contribution is 5.90. The van der Waals surface area contributed by atoms with E-state index in [4.69, 9.17) is 0 Å². The highest BCUT2D eigenvalue weighted by Crippen LogP contribution is 2.26. The molecule has 0 radical (unpaired) electrons. The summed E-state index contributed by atoms with van der Waals surface area (Å²) in [6.45, 7) is 5.47. The van der Waals surface area contributed by atoms with Crippen LogP contribution >= 0.6 is 12.4 Å². The lowest BCUT2D eigenvalue weighted by Gasteiger charge is -2.31. The van der Waals surface area contributed by atoms with E-state index < -0.39 is 0 Å². The van der Waals surface area contributed by atoms with Crippen molar-refractivity contribution in [3.8, 4) is 0 Å². The number of rotatable bonds is 15. The molecule has 198 valence electrons. The summed E-state index contributed by atoms with van der Waals surface area (Å²) in [5.41, 5.74) is 1.24. The Labute approximate surface area is 219 Å². The van der Waals surface area contributed by atoms with Gasteiger partial charge in [0.1, 0.15) is 6.04 Å². The number of halogens is 1. The van der Waals surface area contributed by atoms with E-state index in [0.29, 0.717) is 6.54 Å². The first-order chi connectivity index (χ1) is 16.7. The average molecular weight is 506 g/mol. The molecule has 0 bridgehead atoms. The SMILES string of the molecule is CCCCCCCCCCCCNC(=O)C1CCCN1C(=O)C1CCCN1Cc1ccccc1.Cl. The average Bonchev–Trinajstić information content (AvgIpc) is 3.53. The van der Waals surface area contributed by atoms with Crippen LogP contribution < -0.4 is 5.32 Å². The second-order valence-corrected chi connectivity index (χ2v) is 10.3. The van der Waals surface area contributed by atoms with Gasteiger partial charge in [0.05, 0.1) is 6.04 Å². The fraction of sp³-hybridized carbons (Fsp3) is 0.724. The van der Waals surface area contributed by atoms with Crippen molar-refractivity contribution in [2.45, 2.75) is 115 Å². The van der Waals surface area contributed by atoms with Crippen LogP contribution in [0.25, 0.3) is 0 Å². The number of nitrogens with one attached hydrogen (secondary N) is 1. The summed E-state index contributed by atoms with van der Waals surface area (Å²) in [6.07, 6.45) is 16.6. The van der Waals surface area contributed by atoms with Gasteiger partial charge in [-0.1, -0.05) is 95.0 Å². The van der Waals surface area contributed by atoms with E-state index in [1.54, 1.807) is 0 Å². The van der Waals surface area contributed by atoms with E-state index in [0.717, 1.165) is 51.7 Å². The molecule has 2 fully saturated rings. The molecule has 0 aromatic heterocycles. The van der Waals surface area contributed by atoms with Gasteiger partial charge in [-0.3, -0.25) is 14.5 Å². The van der Waals surface area contributed by atoms with Crippen LogP contribution in [-0.4, -0.2) is 53.3 Å². The minimum Gasteiger partial charge on any atom is -0.354 e. The lowest BCUT2D eigenvalue weighted by molar-refractivity contribution is -0.142. The minimum atomic E-state index is -0.283. The molecule has 1 N–H and O–H groups in total. The second-order valence-electron chi connectivity index (χ2n) is 10.3. The van der Waals surface area contributed by atoms with Gasteiger partial charge < -0.3 is 10.2 Å². The Bertz CT molecular complexity index is 730. The van der Waals surface area contributed by atoms with E-state index in [1.807, 2.05) is 11.0 Å². The molecule has 5 nitrogen and oxygen atoms in total. The number of benzene rings is 1. The van der Waals surface area contributed by atoms with Crippen molar-refractivity contribution in [2.24, 2.45) is 0 Å². The third kappa shape index (κ3) is 9.76. The highest BCUT2D eigenvalue weighted by atomic mass is 35.5. The zero-order valence-corrected chi connectivity index (χ0v) is 22.7. The van der Waals surface area contributed by atoms with Gasteiger partial charge in [0, 0.05) is 19.6 Å².